The summed E-state index contributed by atoms with van der Waals surface area (Å²) in [5.74, 6) is 0.589. The van der Waals surface area contributed by atoms with E-state index in [9.17, 15) is 4.79 Å². The van der Waals surface area contributed by atoms with E-state index in [1.165, 1.54) is 0 Å². The first-order valence-electron chi connectivity index (χ1n) is 9.39. The molecule has 0 aliphatic rings. The van der Waals surface area contributed by atoms with Crippen LogP contribution in [0.5, 0.6) is 0 Å². The van der Waals surface area contributed by atoms with Crippen LogP contribution >= 0.6 is 23.4 Å². The Kier molecular flexibility index (Phi) is 5.42. The van der Waals surface area contributed by atoms with Gasteiger partial charge in [-0.05, 0) is 37.1 Å². The minimum absolute atomic E-state index is 0.0142. The molecule has 4 aromatic rings. The van der Waals surface area contributed by atoms with Gasteiger partial charge in [-0.25, -0.2) is 0 Å². The molecular weight excluding hydrogens is 392 g/mol. The molecule has 5 nitrogen and oxygen atoms in total. The third-order valence-electron chi connectivity index (χ3n) is 4.84. The molecular formula is C21H21ClN4OS. The lowest BCUT2D eigenvalue weighted by molar-refractivity contribution is 0.620. The maximum atomic E-state index is 13.0. The Morgan fingerprint density at radius 1 is 1.11 bits per heavy atom. The first-order chi connectivity index (χ1) is 13.6. The predicted molar refractivity (Wildman–Crippen MR) is 115 cm³/mol. The monoisotopic (exact) mass is 412 g/mol. The van der Waals surface area contributed by atoms with E-state index in [1.807, 2.05) is 52.9 Å². The van der Waals surface area contributed by atoms with Crippen molar-refractivity contribution in [3.63, 3.8) is 0 Å². The zero-order chi connectivity index (χ0) is 19.7. The van der Waals surface area contributed by atoms with Gasteiger partial charge in [-0.15, -0.1) is 10.2 Å². The van der Waals surface area contributed by atoms with E-state index in [4.69, 9.17) is 11.6 Å². The van der Waals surface area contributed by atoms with Gasteiger partial charge < -0.3 is 0 Å². The smallest absolute Gasteiger partial charge is 0.262 e. The number of para-hydroxylation sites is 1. The second-order valence-corrected chi connectivity index (χ2v) is 8.44. The number of aryl methyl sites for hydroxylation is 1. The molecule has 2 heterocycles. The third-order valence-corrected chi connectivity index (χ3v) is 6.27. The van der Waals surface area contributed by atoms with Crippen LogP contribution in [0.15, 0.2) is 58.5 Å². The molecule has 2 aromatic carbocycles. The fourth-order valence-corrected chi connectivity index (χ4v) is 4.74. The molecule has 0 spiro atoms. The second kappa shape index (κ2) is 7.97. The normalized spacial score (nSPS) is 12.7. The maximum Gasteiger partial charge on any atom is 0.262 e. The number of thioether (sulfide) groups is 1. The van der Waals surface area contributed by atoms with Crippen molar-refractivity contribution in [1.29, 1.82) is 0 Å². The van der Waals surface area contributed by atoms with Crippen LogP contribution in [0, 0.1) is 0 Å². The molecule has 0 fully saturated rings. The second-order valence-electron chi connectivity index (χ2n) is 6.73. The van der Waals surface area contributed by atoms with E-state index < -0.39 is 0 Å². The van der Waals surface area contributed by atoms with Gasteiger partial charge in [0.2, 0.25) is 5.78 Å². The number of hydrogen-bond donors (Lipinski definition) is 0. The molecule has 0 unspecified atom stereocenters. The van der Waals surface area contributed by atoms with Gasteiger partial charge in [0.1, 0.15) is 0 Å². The Morgan fingerprint density at radius 2 is 1.86 bits per heavy atom. The van der Waals surface area contributed by atoms with Gasteiger partial charge in [0.25, 0.3) is 5.56 Å². The van der Waals surface area contributed by atoms with E-state index in [1.54, 1.807) is 16.3 Å². The van der Waals surface area contributed by atoms with Gasteiger partial charge in [0.15, 0.2) is 5.16 Å². The molecule has 0 aliphatic carbocycles. The molecule has 7 heteroatoms. The van der Waals surface area contributed by atoms with Crippen LogP contribution in [-0.4, -0.2) is 19.2 Å². The third kappa shape index (κ3) is 3.31. The molecule has 0 bridgehead atoms. The van der Waals surface area contributed by atoms with Crippen molar-refractivity contribution in [3.05, 3.63) is 69.5 Å². The van der Waals surface area contributed by atoms with Crippen molar-refractivity contribution in [2.24, 2.45) is 0 Å². The Morgan fingerprint density at radius 3 is 2.64 bits per heavy atom. The molecule has 2 aromatic heterocycles. The highest BCUT2D eigenvalue weighted by atomic mass is 35.5. The minimum atomic E-state index is -0.0142. The molecule has 144 valence electrons. The number of hydrogen-bond acceptors (Lipinski definition) is 4. The van der Waals surface area contributed by atoms with Crippen LogP contribution < -0.4 is 5.56 Å². The molecule has 0 N–H and O–H groups in total. The maximum absolute atomic E-state index is 13.0. The van der Waals surface area contributed by atoms with Gasteiger partial charge in [0.05, 0.1) is 10.9 Å². The van der Waals surface area contributed by atoms with Crippen molar-refractivity contribution >= 4 is 40.0 Å². The molecule has 4 rings (SSSR count). The molecule has 1 atom stereocenters. The highest BCUT2D eigenvalue weighted by Crippen LogP contribution is 2.37. The van der Waals surface area contributed by atoms with Crippen LogP contribution in [-0.2, 0) is 6.54 Å². The van der Waals surface area contributed by atoms with Crippen LogP contribution in [0.2, 0.25) is 5.02 Å². The molecule has 0 saturated carbocycles. The Balaban J connectivity index is 1.88. The zero-order valence-corrected chi connectivity index (χ0v) is 17.4. The fourth-order valence-electron chi connectivity index (χ4n) is 3.35. The van der Waals surface area contributed by atoms with Crippen LogP contribution in [0.3, 0.4) is 0 Å². The van der Waals surface area contributed by atoms with Gasteiger partial charge in [-0.3, -0.25) is 13.8 Å². The number of unbranched alkanes of at least 4 members (excludes halogenated alkanes) is 1. The summed E-state index contributed by atoms with van der Waals surface area (Å²) in [6, 6.07) is 15.5. The van der Waals surface area contributed by atoms with E-state index in [0.717, 1.165) is 34.1 Å². The fraction of sp³-hybridized carbons (Fsp3) is 0.286. The van der Waals surface area contributed by atoms with Crippen LogP contribution in [0.4, 0.5) is 0 Å². The van der Waals surface area contributed by atoms with Crippen molar-refractivity contribution in [1.82, 2.24) is 19.2 Å². The van der Waals surface area contributed by atoms with Gasteiger partial charge in [-0.2, -0.15) is 0 Å². The number of rotatable bonds is 6. The standard InChI is InChI=1S/C21H21ClN4OS/c1-3-4-13-25-19(27)16-10-6-8-12-18(16)26-20(25)23-24-21(26)28-14(2)15-9-5-7-11-17(15)22/h5-12,14H,3-4,13H2,1-2H3/t14-/m1/s1. The van der Waals surface area contributed by atoms with Crippen molar-refractivity contribution in [2.75, 3.05) is 0 Å². The summed E-state index contributed by atoms with van der Waals surface area (Å²) in [4.78, 5) is 13.0. The minimum Gasteiger partial charge on any atom is -0.276 e. The van der Waals surface area contributed by atoms with Crippen molar-refractivity contribution < 1.29 is 0 Å². The van der Waals surface area contributed by atoms with Gasteiger partial charge >= 0.3 is 0 Å². The van der Waals surface area contributed by atoms with Crippen molar-refractivity contribution in [2.45, 2.75) is 43.6 Å². The summed E-state index contributed by atoms with van der Waals surface area (Å²) in [6.07, 6.45) is 1.92. The summed E-state index contributed by atoms with van der Waals surface area (Å²) in [6.45, 7) is 4.84. The average molecular weight is 413 g/mol. The number of aromatic nitrogens is 4. The van der Waals surface area contributed by atoms with Crippen LogP contribution in [0.25, 0.3) is 16.7 Å². The Hall–Kier alpha value is -2.31. The molecule has 0 radical (unpaired) electrons. The molecule has 0 aliphatic heterocycles. The number of fused-ring (bicyclic) bond motifs is 3. The number of benzene rings is 2. The lowest BCUT2D eigenvalue weighted by Crippen LogP contribution is -2.23. The highest BCUT2D eigenvalue weighted by molar-refractivity contribution is 7.99. The van der Waals surface area contributed by atoms with E-state index >= 15 is 0 Å². The zero-order valence-electron chi connectivity index (χ0n) is 15.8. The summed E-state index contributed by atoms with van der Waals surface area (Å²) in [7, 11) is 0. The Bertz CT molecular complexity index is 1200. The van der Waals surface area contributed by atoms with E-state index in [2.05, 4.69) is 24.0 Å². The summed E-state index contributed by atoms with van der Waals surface area (Å²) in [5.41, 5.74) is 1.86. The Labute approximate surface area is 172 Å². The van der Waals surface area contributed by atoms with Crippen molar-refractivity contribution in [3.8, 4) is 0 Å². The topological polar surface area (TPSA) is 52.2 Å². The quantitative estimate of drug-likeness (QED) is 0.400. The number of halogens is 1. The first-order valence-corrected chi connectivity index (χ1v) is 10.6. The lowest BCUT2D eigenvalue weighted by Gasteiger charge is -2.14. The van der Waals surface area contributed by atoms with Crippen LogP contribution in [0.1, 0.15) is 37.5 Å². The SMILES string of the molecule is CCCCn1c(=O)c2ccccc2n2c(S[C@H](C)c3ccccc3Cl)nnc12. The average Bonchev–Trinajstić information content (AvgIpc) is 3.12. The first kappa shape index (κ1) is 19.0. The number of nitrogens with zero attached hydrogens (tertiary/aromatic N) is 4. The summed E-state index contributed by atoms with van der Waals surface area (Å²) >= 11 is 7.96. The molecule has 0 amide bonds. The highest BCUT2D eigenvalue weighted by Gasteiger charge is 2.19. The summed E-state index contributed by atoms with van der Waals surface area (Å²) in [5, 5.41) is 11.1. The van der Waals surface area contributed by atoms with Gasteiger partial charge in [0, 0.05) is 16.8 Å². The van der Waals surface area contributed by atoms with E-state index in [0.29, 0.717) is 17.7 Å². The molecule has 0 saturated heterocycles. The predicted octanol–water partition coefficient (Wildman–Crippen LogP) is 5.35. The summed E-state index contributed by atoms with van der Waals surface area (Å²) < 4.78 is 3.73. The molecule has 28 heavy (non-hydrogen) atoms. The largest absolute Gasteiger partial charge is 0.276 e. The lowest BCUT2D eigenvalue weighted by atomic mass is 10.2. The van der Waals surface area contributed by atoms with Gasteiger partial charge in [-0.1, -0.05) is 67.0 Å². The van der Waals surface area contributed by atoms with E-state index in [-0.39, 0.29) is 10.8 Å².